The predicted molar refractivity (Wildman–Crippen MR) is 58.5 cm³/mol. The van der Waals surface area contributed by atoms with Gasteiger partial charge in [0.2, 0.25) is 0 Å². The summed E-state index contributed by atoms with van der Waals surface area (Å²) < 4.78 is 0. The van der Waals surface area contributed by atoms with Crippen LogP contribution in [-0.4, -0.2) is 7.05 Å². The smallest absolute Gasteiger partial charge is 0.00339 e. The molecule has 0 saturated carbocycles. The second kappa shape index (κ2) is 5.11. The highest BCUT2D eigenvalue weighted by Crippen LogP contribution is 2.29. The molecule has 0 aromatic rings. The Kier molecular flexibility index (Phi) is 4.07. The Hall–Kier alpha value is -0.720. The molecule has 0 heterocycles. The van der Waals surface area contributed by atoms with E-state index in [-0.39, 0.29) is 0 Å². The van der Waals surface area contributed by atoms with E-state index < -0.39 is 0 Å². The number of allylic oxidation sites excluding steroid dienone is 3. The van der Waals surface area contributed by atoms with Gasteiger partial charge >= 0.3 is 0 Å². The van der Waals surface area contributed by atoms with Crippen molar-refractivity contribution in [3.05, 3.63) is 23.9 Å². The lowest BCUT2D eigenvalue weighted by atomic mass is 9.85. The van der Waals surface area contributed by atoms with Crippen LogP contribution >= 0.6 is 0 Å². The van der Waals surface area contributed by atoms with E-state index in [9.17, 15) is 0 Å². The van der Waals surface area contributed by atoms with Gasteiger partial charge in [0, 0.05) is 12.7 Å². The molecule has 1 rings (SSSR count). The lowest BCUT2D eigenvalue weighted by Gasteiger charge is -2.22. The first-order valence-electron chi connectivity index (χ1n) is 5.29. The van der Waals surface area contributed by atoms with E-state index in [1.807, 2.05) is 7.05 Å². The van der Waals surface area contributed by atoms with Crippen LogP contribution in [0.4, 0.5) is 0 Å². The Morgan fingerprint density at radius 1 is 1.69 bits per heavy atom. The van der Waals surface area contributed by atoms with Crippen molar-refractivity contribution in [2.75, 3.05) is 7.05 Å². The van der Waals surface area contributed by atoms with E-state index in [1.165, 1.54) is 31.4 Å². The summed E-state index contributed by atoms with van der Waals surface area (Å²) in [6.07, 6.45) is 8.68. The third-order valence-electron chi connectivity index (χ3n) is 2.90. The molecule has 1 aliphatic rings. The lowest BCUT2D eigenvalue weighted by Crippen LogP contribution is -2.13. The molecule has 1 aliphatic carbocycles. The molecule has 0 radical (unpaired) electrons. The molecule has 0 fully saturated rings. The first kappa shape index (κ1) is 10.4. The molecular formula is C12H21N. The second-order valence-corrected chi connectivity index (χ2v) is 3.92. The van der Waals surface area contributed by atoms with Crippen LogP contribution in [0.25, 0.3) is 0 Å². The van der Waals surface area contributed by atoms with Crippen LogP contribution < -0.4 is 5.32 Å². The van der Waals surface area contributed by atoms with Crippen molar-refractivity contribution in [3.63, 3.8) is 0 Å². The molecule has 1 heteroatoms. The van der Waals surface area contributed by atoms with Crippen molar-refractivity contribution in [2.24, 2.45) is 5.92 Å². The molecule has 0 bridgehead atoms. The molecule has 0 spiro atoms. The van der Waals surface area contributed by atoms with Crippen LogP contribution in [0.5, 0.6) is 0 Å². The Bertz CT molecular complexity index is 203. The minimum Gasteiger partial charge on any atom is -0.392 e. The maximum Gasteiger partial charge on any atom is 0.00339 e. The summed E-state index contributed by atoms with van der Waals surface area (Å²) in [6.45, 7) is 6.24. The van der Waals surface area contributed by atoms with Crippen LogP contribution in [0, 0.1) is 5.92 Å². The van der Waals surface area contributed by atoms with Gasteiger partial charge in [0.05, 0.1) is 0 Å². The van der Waals surface area contributed by atoms with E-state index in [0.717, 1.165) is 12.3 Å². The highest BCUT2D eigenvalue weighted by molar-refractivity contribution is 5.08. The van der Waals surface area contributed by atoms with E-state index in [0.29, 0.717) is 0 Å². The quantitative estimate of drug-likeness (QED) is 0.653. The molecule has 74 valence electrons. The molecule has 1 N–H and O–H groups in total. The maximum absolute atomic E-state index is 3.99. The van der Waals surface area contributed by atoms with E-state index in [4.69, 9.17) is 0 Å². The van der Waals surface area contributed by atoms with Gasteiger partial charge in [-0.1, -0.05) is 25.2 Å². The van der Waals surface area contributed by atoms with Gasteiger partial charge in [-0.3, -0.25) is 0 Å². The number of nitrogens with one attached hydrogen (secondary N) is 1. The zero-order chi connectivity index (χ0) is 9.68. The summed E-state index contributed by atoms with van der Waals surface area (Å²) in [5, 5.41) is 3.13. The van der Waals surface area contributed by atoms with Gasteiger partial charge in [-0.25, -0.2) is 0 Å². The van der Waals surface area contributed by atoms with Crippen LogP contribution in [0.1, 0.15) is 39.0 Å². The molecule has 13 heavy (non-hydrogen) atoms. The highest BCUT2D eigenvalue weighted by atomic mass is 14.8. The van der Waals surface area contributed by atoms with Crippen molar-refractivity contribution in [1.82, 2.24) is 5.32 Å². The predicted octanol–water partition coefficient (Wildman–Crippen LogP) is 3.25. The minimum atomic E-state index is 0.833. The summed E-state index contributed by atoms with van der Waals surface area (Å²) in [5.41, 5.74) is 2.82. The van der Waals surface area contributed by atoms with Gasteiger partial charge in [-0.05, 0) is 38.0 Å². The Balaban J connectivity index is 2.37. The van der Waals surface area contributed by atoms with Gasteiger partial charge < -0.3 is 5.32 Å². The van der Waals surface area contributed by atoms with Crippen molar-refractivity contribution >= 4 is 0 Å². The second-order valence-electron chi connectivity index (χ2n) is 3.92. The highest BCUT2D eigenvalue weighted by Gasteiger charge is 2.14. The Morgan fingerprint density at radius 3 is 3.08 bits per heavy atom. The number of hydrogen-bond donors (Lipinski definition) is 1. The zero-order valence-electron chi connectivity index (χ0n) is 8.90. The standard InChI is InChI=1S/C12H21N/c1-4-11-6-5-7-12(9-11)8-10(2)13-3/h6,12-13H,2,4-5,7-9H2,1,3H3. The summed E-state index contributed by atoms with van der Waals surface area (Å²) in [6, 6.07) is 0. The zero-order valence-corrected chi connectivity index (χ0v) is 8.90. The topological polar surface area (TPSA) is 12.0 Å². The van der Waals surface area contributed by atoms with Gasteiger partial charge in [0.15, 0.2) is 0 Å². The first-order chi connectivity index (χ1) is 6.26. The van der Waals surface area contributed by atoms with Gasteiger partial charge in [0.25, 0.3) is 0 Å². The molecule has 0 aromatic heterocycles. The molecule has 1 atom stereocenters. The van der Waals surface area contributed by atoms with E-state index >= 15 is 0 Å². The fraction of sp³-hybridized carbons (Fsp3) is 0.667. The van der Waals surface area contributed by atoms with E-state index in [2.05, 4.69) is 24.9 Å². The third-order valence-corrected chi connectivity index (χ3v) is 2.90. The normalized spacial score (nSPS) is 22.3. The molecule has 0 aliphatic heterocycles. The minimum absolute atomic E-state index is 0.833. The average molecular weight is 179 g/mol. The van der Waals surface area contributed by atoms with Gasteiger partial charge in [-0.15, -0.1) is 0 Å². The molecule has 1 unspecified atom stereocenters. The van der Waals surface area contributed by atoms with Crippen LogP contribution in [0.3, 0.4) is 0 Å². The van der Waals surface area contributed by atoms with Crippen LogP contribution in [-0.2, 0) is 0 Å². The summed E-state index contributed by atoms with van der Waals surface area (Å²) in [7, 11) is 1.96. The maximum atomic E-state index is 3.99. The summed E-state index contributed by atoms with van der Waals surface area (Å²) >= 11 is 0. The van der Waals surface area contributed by atoms with E-state index in [1.54, 1.807) is 5.57 Å². The molecule has 0 saturated heterocycles. The molecule has 1 nitrogen and oxygen atoms in total. The van der Waals surface area contributed by atoms with Gasteiger partial charge in [-0.2, -0.15) is 0 Å². The van der Waals surface area contributed by atoms with Crippen molar-refractivity contribution in [2.45, 2.75) is 39.0 Å². The number of hydrogen-bond acceptors (Lipinski definition) is 1. The monoisotopic (exact) mass is 179 g/mol. The average Bonchev–Trinajstić information content (AvgIpc) is 2.18. The van der Waals surface area contributed by atoms with Crippen molar-refractivity contribution in [1.29, 1.82) is 0 Å². The third kappa shape index (κ3) is 3.25. The SMILES string of the molecule is C=C(CC1CCC=C(CC)C1)NC. The Morgan fingerprint density at radius 2 is 2.46 bits per heavy atom. The van der Waals surface area contributed by atoms with Gasteiger partial charge in [0.1, 0.15) is 0 Å². The van der Waals surface area contributed by atoms with Crippen molar-refractivity contribution in [3.8, 4) is 0 Å². The first-order valence-corrected chi connectivity index (χ1v) is 5.29. The molecular weight excluding hydrogens is 158 g/mol. The lowest BCUT2D eigenvalue weighted by molar-refractivity contribution is 0.449. The Labute approximate surface area is 81.9 Å². The van der Waals surface area contributed by atoms with Crippen LogP contribution in [0.15, 0.2) is 23.9 Å². The summed E-state index contributed by atoms with van der Waals surface area (Å²) in [4.78, 5) is 0. The fourth-order valence-corrected chi connectivity index (χ4v) is 1.99. The number of rotatable bonds is 4. The van der Waals surface area contributed by atoms with Crippen LogP contribution in [0.2, 0.25) is 0 Å². The molecule has 0 amide bonds. The molecule has 0 aromatic carbocycles. The largest absolute Gasteiger partial charge is 0.392 e. The van der Waals surface area contributed by atoms with Crippen molar-refractivity contribution < 1.29 is 0 Å². The fourth-order valence-electron chi connectivity index (χ4n) is 1.99. The summed E-state index contributed by atoms with van der Waals surface area (Å²) in [5.74, 6) is 0.833.